The standard InChI is InChI=1S/C26H32N4O/c1-6-8-15-29(16-9-7-2)26-22-11-10-12-23(22)27-25-24(19(4)28-30(25)26)21-14-13-20(31-5)17-18(21)3/h13-14,17H,6,8,10-12,15-16H2,1-5H3. The van der Waals surface area contributed by atoms with Crippen LogP contribution in [0.4, 0.5) is 5.82 Å². The van der Waals surface area contributed by atoms with E-state index < -0.39 is 0 Å². The Bertz CT molecular complexity index is 1170. The zero-order valence-corrected chi connectivity index (χ0v) is 19.4. The van der Waals surface area contributed by atoms with Crippen molar-refractivity contribution in [3.05, 3.63) is 40.7 Å². The van der Waals surface area contributed by atoms with Gasteiger partial charge >= 0.3 is 0 Å². The number of ether oxygens (including phenoxy) is 1. The van der Waals surface area contributed by atoms with Crippen molar-refractivity contribution in [2.24, 2.45) is 0 Å². The first-order valence-electron chi connectivity index (χ1n) is 11.3. The lowest BCUT2D eigenvalue weighted by Gasteiger charge is -2.25. The number of hydrogen-bond acceptors (Lipinski definition) is 4. The summed E-state index contributed by atoms with van der Waals surface area (Å²) in [5.74, 6) is 8.42. The van der Waals surface area contributed by atoms with Crippen molar-refractivity contribution < 1.29 is 4.74 Å². The van der Waals surface area contributed by atoms with Gasteiger partial charge in [0, 0.05) is 23.4 Å². The van der Waals surface area contributed by atoms with Crippen LogP contribution in [0.15, 0.2) is 18.2 Å². The van der Waals surface area contributed by atoms with E-state index in [1.165, 1.54) is 22.6 Å². The molecule has 0 unspecified atom stereocenters. The molecule has 2 heterocycles. The summed E-state index contributed by atoms with van der Waals surface area (Å²) in [6.07, 6.45) is 5.53. The average molecular weight is 417 g/mol. The van der Waals surface area contributed by atoms with Crippen LogP contribution in [0.25, 0.3) is 16.8 Å². The molecule has 1 aliphatic carbocycles. The van der Waals surface area contributed by atoms with Gasteiger partial charge in [-0.3, -0.25) is 0 Å². The van der Waals surface area contributed by atoms with Crippen molar-refractivity contribution in [3.63, 3.8) is 0 Å². The number of aromatic nitrogens is 3. The highest BCUT2D eigenvalue weighted by Crippen LogP contribution is 2.37. The van der Waals surface area contributed by atoms with Gasteiger partial charge in [0.25, 0.3) is 0 Å². The summed E-state index contributed by atoms with van der Waals surface area (Å²) in [5, 5.41) is 5.02. The van der Waals surface area contributed by atoms with Crippen molar-refractivity contribution in [1.82, 2.24) is 14.6 Å². The van der Waals surface area contributed by atoms with Crippen LogP contribution in [0.2, 0.25) is 0 Å². The van der Waals surface area contributed by atoms with Gasteiger partial charge in [0.05, 0.1) is 19.3 Å². The second-order valence-corrected chi connectivity index (χ2v) is 8.29. The molecule has 0 radical (unpaired) electrons. The Kier molecular flexibility index (Phi) is 6.18. The topological polar surface area (TPSA) is 42.7 Å². The fourth-order valence-corrected chi connectivity index (χ4v) is 4.58. The van der Waals surface area contributed by atoms with Gasteiger partial charge in [-0.1, -0.05) is 25.3 Å². The Morgan fingerprint density at radius 1 is 1.23 bits per heavy atom. The molecular formula is C26H32N4O. The number of anilines is 1. The maximum atomic E-state index is 5.42. The first kappa shape index (κ1) is 21.2. The summed E-state index contributed by atoms with van der Waals surface area (Å²) < 4.78 is 7.50. The zero-order valence-electron chi connectivity index (χ0n) is 19.4. The predicted molar refractivity (Wildman–Crippen MR) is 127 cm³/mol. The second kappa shape index (κ2) is 9.01. The Labute approximate surface area is 185 Å². The summed E-state index contributed by atoms with van der Waals surface area (Å²) in [6, 6.07) is 6.23. The molecule has 0 bridgehead atoms. The van der Waals surface area contributed by atoms with Gasteiger partial charge < -0.3 is 9.64 Å². The Balaban J connectivity index is 1.95. The molecule has 0 amide bonds. The van der Waals surface area contributed by atoms with Crippen LogP contribution < -0.4 is 9.64 Å². The molecule has 0 aliphatic heterocycles. The first-order chi connectivity index (χ1) is 15.1. The fraction of sp³-hybridized carbons (Fsp3) is 0.462. The van der Waals surface area contributed by atoms with Gasteiger partial charge in [-0.15, -0.1) is 5.92 Å². The summed E-state index contributed by atoms with van der Waals surface area (Å²) in [6.45, 7) is 10.1. The smallest absolute Gasteiger partial charge is 0.165 e. The number of benzene rings is 1. The van der Waals surface area contributed by atoms with Crippen molar-refractivity contribution in [2.75, 3.05) is 25.1 Å². The van der Waals surface area contributed by atoms with Crippen LogP contribution in [0.1, 0.15) is 55.6 Å². The van der Waals surface area contributed by atoms with Crippen molar-refractivity contribution in [1.29, 1.82) is 0 Å². The number of nitrogens with zero attached hydrogens (tertiary/aromatic N) is 4. The van der Waals surface area contributed by atoms with E-state index in [0.29, 0.717) is 0 Å². The molecule has 0 spiro atoms. The van der Waals surface area contributed by atoms with Crippen molar-refractivity contribution in [3.8, 4) is 28.7 Å². The Hall–Kier alpha value is -3.00. The van der Waals surface area contributed by atoms with Gasteiger partial charge in [-0.2, -0.15) is 9.61 Å². The minimum atomic E-state index is 0.720. The Morgan fingerprint density at radius 2 is 2.06 bits per heavy atom. The van der Waals surface area contributed by atoms with Crippen molar-refractivity contribution in [2.45, 2.75) is 59.8 Å². The molecule has 5 nitrogen and oxygen atoms in total. The van der Waals surface area contributed by atoms with Gasteiger partial charge in [0.15, 0.2) is 5.65 Å². The van der Waals surface area contributed by atoms with Crippen LogP contribution in [0.3, 0.4) is 0 Å². The van der Waals surface area contributed by atoms with E-state index in [2.05, 4.69) is 54.2 Å². The molecular weight excluding hydrogens is 384 g/mol. The maximum absolute atomic E-state index is 5.42. The summed E-state index contributed by atoms with van der Waals surface area (Å²) in [5.41, 5.74) is 7.98. The molecule has 162 valence electrons. The fourth-order valence-electron chi connectivity index (χ4n) is 4.58. The van der Waals surface area contributed by atoms with Crippen LogP contribution in [-0.2, 0) is 12.8 Å². The maximum Gasteiger partial charge on any atom is 0.165 e. The first-order valence-corrected chi connectivity index (χ1v) is 11.3. The lowest BCUT2D eigenvalue weighted by atomic mass is 10.0. The van der Waals surface area contributed by atoms with Crippen LogP contribution >= 0.6 is 0 Å². The Morgan fingerprint density at radius 3 is 2.77 bits per heavy atom. The molecule has 0 fully saturated rings. The van der Waals surface area contributed by atoms with Crippen molar-refractivity contribution >= 4 is 11.5 Å². The highest BCUT2D eigenvalue weighted by atomic mass is 16.5. The van der Waals surface area contributed by atoms with Crippen LogP contribution in [0, 0.1) is 25.7 Å². The van der Waals surface area contributed by atoms with E-state index in [4.69, 9.17) is 14.8 Å². The number of unbranched alkanes of at least 4 members (excludes halogenated alkanes) is 1. The van der Waals surface area contributed by atoms with Gasteiger partial charge in [0.2, 0.25) is 0 Å². The molecule has 0 N–H and O–H groups in total. The monoisotopic (exact) mass is 416 g/mol. The number of rotatable bonds is 7. The summed E-state index contributed by atoms with van der Waals surface area (Å²) in [7, 11) is 1.70. The molecule has 0 saturated carbocycles. The molecule has 5 heteroatoms. The molecule has 4 rings (SSSR count). The summed E-state index contributed by atoms with van der Waals surface area (Å²) >= 11 is 0. The van der Waals surface area contributed by atoms with E-state index in [1.807, 2.05) is 13.0 Å². The lowest BCUT2D eigenvalue weighted by Crippen LogP contribution is -2.29. The molecule has 2 aromatic heterocycles. The highest BCUT2D eigenvalue weighted by Gasteiger charge is 2.27. The minimum absolute atomic E-state index is 0.720. The third-order valence-electron chi connectivity index (χ3n) is 6.17. The van der Waals surface area contributed by atoms with E-state index in [9.17, 15) is 0 Å². The number of hydrogen-bond donors (Lipinski definition) is 0. The average Bonchev–Trinajstić information content (AvgIpc) is 3.36. The number of methoxy groups -OCH3 is 1. The van der Waals surface area contributed by atoms with Crippen LogP contribution in [-0.4, -0.2) is 34.8 Å². The largest absolute Gasteiger partial charge is 0.497 e. The molecule has 1 aromatic carbocycles. The van der Waals surface area contributed by atoms with Gasteiger partial charge in [-0.05, 0) is 69.7 Å². The normalized spacial score (nSPS) is 12.5. The number of fused-ring (bicyclic) bond motifs is 2. The molecule has 31 heavy (non-hydrogen) atoms. The van der Waals surface area contributed by atoms with E-state index in [-0.39, 0.29) is 0 Å². The number of aryl methyl sites for hydroxylation is 3. The highest BCUT2D eigenvalue weighted by molar-refractivity contribution is 5.83. The van der Waals surface area contributed by atoms with Crippen LogP contribution in [0.5, 0.6) is 5.75 Å². The SMILES string of the molecule is CC#CCN(CCCC)c1c2c(nc3c(-c4ccc(OC)cc4C)c(C)nn13)CCC2. The second-order valence-electron chi connectivity index (χ2n) is 8.29. The molecule has 0 atom stereocenters. The molecule has 1 aliphatic rings. The van der Waals surface area contributed by atoms with E-state index in [0.717, 1.165) is 73.4 Å². The third kappa shape index (κ3) is 3.87. The quantitative estimate of drug-likeness (QED) is 0.500. The molecule has 3 aromatic rings. The third-order valence-corrected chi connectivity index (χ3v) is 6.17. The predicted octanol–water partition coefficient (Wildman–Crippen LogP) is 5.14. The molecule has 0 saturated heterocycles. The van der Waals surface area contributed by atoms with Gasteiger partial charge in [-0.25, -0.2) is 4.98 Å². The summed E-state index contributed by atoms with van der Waals surface area (Å²) in [4.78, 5) is 7.56. The lowest BCUT2D eigenvalue weighted by molar-refractivity contribution is 0.414. The van der Waals surface area contributed by atoms with E-state index in [1.54, 1.807) is 7.11 Å². The minimum Gasteiger partial charge on any atom is -0.497 e. The zero-order chi connectivity index (χ0) is 22.0. The van der Waals surface area contributed by atoms with E-state index >= 15 is 0 Å². The van der Waals surface area contributed by atoms with Gasteiger partial charge in [0.1, 0.15) is 11.6 Å².